The van der Waals surface area contributed by atoms with Gasteiger partial charge in [0.15, 0.2) is 9.84 Å². The van der Waals surface area contributed by atoms with E-state index in [1.807, 2.05) is 4.90 Å². The normalized spacial score (nSPS) is 23.2. The van der Waals surface area contributed by atoms with Gasteiger partial charge in [-0.2, -0.15) is 0 Å². The van der Waals surface area contributed by atoms with Gasteiger partial charge in [0.25, 0.3) is 5.91 Å². The van der Waals surface area contributed by atoms with Gasteiger partial charge in [0.2, 0.25) is 0 Å². The van der Waals surface area contributed by atoms with Gasteiger partial charge >= 0.3 is 0 Å². The maximum Gasteiger partial charge on any atom is 0.255 e. The summed E-state index contributed by atoms with van der Waals surface area (Å²) in [7, 11) is -3.40. The fraction of sp³-hybridized carbons (Fsp3) is 0.588. The van der Waals surface area contributed by atoms with Gasteiger partial charge in [0, 0.05) is 19.3 Å². The quantitative estimate of drug-likeness (QED) is 0.909. The smallest absolute Gasteiger partial charge is 0.255 e. The molecule has 0 spiro atoms. The number of nitrogens with zero attached hydrogens (tertiary/aromatic N) is 1. The van der Waals surface area contributed by atoms with E-state index in [1.165, 1.54) is 12.5 Å². The van der Waals surface area contributed by atoms with E-state index in [1.54, 1.807) is 18.2 Å². The third kappa shape index (κ3) is 3.58. The number of rotatable bonds is 3. The second kappa shape index (κ2) is 6.61. The maximum atomic E-state index is 12.7. The van der Waals surface area contributed by atoms with Crippen molar-refractivity contribution in [2.24, 2.45) is 11.8 Å². The number of benzene rings is 1. The monoisotopic (exact) mass is 336 g/mol. The van der Waals surface area contributed by atoms with Crippen molar-refractivity contribution in [1.82, 2.24) is 10.2 Å². The molecule has 3 rings (SSSR count). The zero-order chi connectivity index (χ0) is 16.4. The molecule has 1 unspecified atom stereocenters. The van der Waals surface area contributed by atoms with E-state index in [0.29, 0.717) is 11.5 Å². The molecule has 1 atom stereocenters. The first-order valence-corrected chi connectivity index (χ1v) is 10.1. The van der Waals surface area contributed by atoms with Gasteiger partial charge in [-0.05, 0) is 56.3 Å². The van der Waals surface area contributed by atoms with Gasteiger partial charge in [0.05, 0.1) is 10.5 Å². The van der Waals surface area contributed by atoms with Gasteiger partial charge in [-0.25, -0.2) is 8.42 Å². The third-order valence-electron chi connectivity index (χ3n) is 5.11. The molecule has 0 saturated carbocycles. The first-order chi connectivity index (χ1) is 11.0. The number of sulfone groups is 1. The van der Waals surface area contributed by atoms with E-state index in [-0.39, 0.29) is 10.8 Å². The van der Waals surface area contributed by atoms with Crippen molar-refractivity contribution >= 4 is 15.7 Å². The highest BCUT2D eigenvalue weighted by atomic mass is 32.2. The van der Waals surface area contributed by atoms with Crippen LogP contribution in [-0.2, 0) is 9.84 Å². The van der Waals surface area contributed by atoms with E-state index in [9.17, 15) is 13.2 Å². The van der Waals surface area contributed by atoms with Crippen LogP contribution in [0.25, 0.3) is 0 Å². The van der Waals surface area contributed by atoms with Crippen molar-refractivity contribution in [3.05, 3.63) is 29.8 Å². The Balaban J connectivity index is 1.71. The van der Waals surface area contributed by atoms with Crippen molar-refractivity contribution in [2.75, 3.05) is 32.4 Å². The lowest BCUT2D eigenvalue weighted by atomic mass is 9.83. The van der Waals surface area contributed by atoms with Crippen molar-refractivity contribution in [3.63, 3.8) is 0 Å². The maximum absolute atomic E-state index is 12.7. The first-order valence-electron chi connectivity index (χ1n) is 8.26. The van der Waals surface area contributed by atoms with Gasteiger partial charge in [-0.3, -0.25) is 4.79 Å². The van der Waals surface area contributed by atoms with Crippen LogP contribution < -0.4 is 5.32 Å². The minimum Gasteiger partial charge on any atom is -0.339 e. The lowest BCUT2D eigenvalue weighted by Crippen LogP contribution is -2.40. The second-order valence-electron chi connectivity index (χ2n) is 6.65. The molecular weight excluding hydrogens is 312 g/mol. The molecule has 2 aliphatic rings. The lowest BCUT2D eigenvalue weighted by molar-refractivity contribution is 0.0659. The summed E-state index contributed by atoms with van der Waals surface area (Å²) in [6.07, 6.45) is 4.41. The standard InChI is InChI=1S/C17H24N2O3S/c1-23(21,22)16-5-3-2-4-15(16)17(20)19-10-7-13(8-11-19)14-6-9-18-12-14/h2-5,13-14,18H,6-12H2,1H3. The molecule has 2 fully saturated rings. The number of hydrogen-bond donors (Lipinski definition) is 1. The van der Waals surface area contributed by atoms with Gasteiger partial charge in [-0.15, -0.1) is 0 Å². The number of piperidine rings is 1. The Bertz CT molecular complexity index is 673. The van der Waals surface area contributed by atoms with E-state index < -0.39 is 9.84 Å². The molecule has 126 valence electrons. The molecule has 0 aliphatic carbocycles. The summed E-state index contributed by atoms with van der Waals surface area (Å²) >= 11 is 0. The average Bonchev–Trinajstić information content (AvgIpc) is 3.08. The largest absolute Gasteiger partial charge is 0.339 e. The van der Waals surface area contributed by atoms with Crippen LogP contribution in [0.15, 0.2) is 29.2 Å². The first kappa shape index (κ1) is 16.5. The van der Waals surface area contributed by atoms with Gasteiger partial charge in [-0.1, -0.05) is 12.1 Å². The highest BCUT2D eigenvalue weighted by Crippen LogP contribution is 2.30. The second-order valence-corrected chi connectivity index (χ2v) is 8.63. The predicted molar refractivity (Wildman–Crippen MR) is 89.2 cm³/mol. The van der Waals surface area contributed by atoms with Crippen LogP contribution in [0.1, 0.15) is 29.6 Å². The van der Waals surface area contributed by atoms with Crippen LogP contribution in [0.2, 0.25) is 0 Å². The average molecular weight is 336 g/mol. The van der Waals surface area contributed by atoms with Crippen LogP contribution >= 0.6 is 0 Å². The summed E-state index contributed by atoms with van der Waals surface area (Å²) in [5.41, 5.74) is 0.302. The highest BCUT2D eigenvalue weighted by molar-refractivity contribution is 7.90. The topological polar surface area (TPSA) is 66.5 Å². The van der Waals surface area contributed by atoms with Crippen molar-refractivity contribution < 1.29 is 13.2 Å². The van der Waals surface area contributed by atoms with E-state index in [0.717, 1.165) is 51.2 Å². The summed E-state index contributed by atoms with van der Waals surface area (Å²) in [6.45, 7) is 3.64. The molecular formula is C17H24N2O3S. The minimum absolute atomic E-state index is 0.132. The number of nitrogens with one attached hydrogen (secondary N) is 1. The SMILES string of the molecule is CS(=O)(=O)c1ccccc1C(=O)N1CCC(C2CCNC2)CC1. The minimum atomic E-state index is -3.40. The molecule has 0 aromatic heterocycles. The Morgan fingerprint density at radius 2 is 1.83 bits per heavy atom. The van der Waals surface area contributed by atoms with E-state index in [4.69, 9.17) is 0 Å². The molecule has 0 radical (unpaired) electrons. The molecule has 2 aliphatic heterocycles. The van der Waals surface area contributed by atoms with Crippen molar-refractivity contribution in [1.29, 1.82) is 0 Å². The molecule has 5 nitrogen and oxygen atoms in total. The summed E-state index contributed by atoms with van der Waals surface area (Å²) < 4.78 is 23.8. The Morgan fingerprint density at radius 1 is 1.13 bits per heavy atom. The molecule has 1 amide bonds. The predicted octanol–water partition coefficient (Wildman–Crippen LogP) is 1.55. The zero-order valence-corrected chi connectivity index (χ0v) is 14.3. The number of amides is 1. The fourth-order valence-corrected chi connectivity index (χ4v) is 4.67. The number of hydrogen-bond acceptors (Lipinski definition) is 4. The summed E-state index contributed by atoms with van der Waals surface area (Å²) in [6, 6.07) is 6.51. The molecule has 1 aromatic rings. The van der Waals surface area contributed by atoms with Crippen LogP contribution in [-0.4, -0.2) is 51.7 Å². The molecule has 1 aromatic carbocycles. The Morgan fingerprint density at radius 3 is 2.43 bits per heavy atom. The van der Waals surface area contributed by atoms with Gasteiger partial charge < -0.3 is 10.2 Å². The van der Waals surface area contributed by atoms with Crippen LogP contribution in [0, 0.1) is 11.8 Å². The van der Waals surface area contributed by atoms with Crippen LogP contribution in [0.4, 0.5) is 0 Å². The number of carbonyl (C=O) groups is 1. The molecule has 23 heavy (non-hydrogen) atoms. The molecule has 6 heteroatoms. The summed E-state index contributed by atoms with van der Waals surface area (Å²) in [5.74, 6) is 1.25. The highest BCUT2D eigenvalue weighted by Gasteiger charge is 2.31. The zero-order valence-electron chi connectivity index (χ0n) is 13.5. The summed E-state index contributed by atoms with van der Waals surface area (Å²) in [5, 5.41) is 3.41. The van der Waals surface area contributed by atoms with E-state index in [2.05, 4.69) is 5.32 Å². The molecule has 2 saturated heterocycles. The number of likely N-dealkylation sites (tertiary alicyclic amines) is 1. The lowest BCUT2D eigenvalue weighted by Gasteiger charge is -2.35. The van der Waals surface area contributed by atoms with Crippen LogP contribution in [0.5, 0.6) is 0 Å². The Kier molecular flexibility index (Phi) is 4.73. The fourth-order valence-electron chi connectivity index (χ4n) is 3.79. The Labute approximate surface area is 138 Å². The Hall–Kier alpha value is -1.40. The molecule has 0 bridgehead atoms. The van der Waals surface area contributed by atoms with E-state index >= 15 is 0 Å². The van der Waals surface area contributed by atoms with Crippen molar-refractivity contribution in [2.45, 2.75) is 24.2 Å². The molecule has 1 N–H and O–H groups in total. The number of carbonyl (C=O) groups excluding carboxylic acids is 1. The third-order valence-corrected chi connectivity index (χ3v) is 6.26. The summed E-state index contributed by atoms with van der Waals surface area (Å²) in [4.78, 5) is 14.7. The van der Waals surface area contributed by atoms with Gasteiger partial charge in [0.1, 0.15) is 0 Å². The molecule has 2 heterocycles. The van der Waals surface area contributed by atoms with Crippen LogP contribution in [0.3, 0.4) is 0 Å². The van der Waals surface area contributed by atoms with Crippen molar-refractivity contribution in [3.8, 4) is 0 Å².